The molecule has 0 heterocycles. The van der Waals surface area contributed by atoms with E-state index in [9.17, 15) is 4.79 Å². The van der Waals surface area contributed by atoms with Crippen LogP contribution >= 0.6 is 0 Å². The number of carbonyl (C=O) groups excluding carboxylic acids is 1. The van der Waals surface area contributed by atoms with Gasteiger partial charge in [0.05, 0.1) is 11.4 Å². The molecule has 0 aliphatic rings. The van der Waals surface area contributed by atoms with Crippen LogP contribution in [0, 0.1) is 16.7 Å². The number of hydrogen-bond acceptors (Lipinski definition) is 3. The molecule has 3 nitrogen and oxygen atoms in total. The van der Waals surface area contributed by atoms with Crippen LogP contribution in [0.1, 0.15) is 49.5 Å². The molecule has 0 saturated heterocycles. The van der Waals surface area contributed by atoms with Gasteiger partial charge >= 0.3 is 0 Å². The largest absolute Gasteiger partial charge is 0.303 e. The molecule has 0 atom stereocenters. The van der Waals surface area contributed by atoms with E-state index >= 15 is 0 Å². The molecule has 1 rings (SSSR count). The Labute approximate surface area is 108 Å². The van der Waals surface area contributed by atoms with Crippen molar-refractivity contribution in [2.45, 2.75) is 33.6 Å². The number of rotatable bonds is 6. The third-order valence-electron chi connectivity index (χ3n) is 3.24. The highest BCUT2D eigenvalue weighted by atomic mass is 16.1. The van der Waals surface area contributed by atoms with Crippen LogP contribution in [0.5, 0.6) is 0 Å². The van der Waals surface area contributed by atoms with Crippen LogP contribution in [0.4, 0.5) is 0 Å². The zero-order valence-electron chi connectivity index (χ0n) is 11.2. The molecule has 0 unspecified atom stereocenters. The van der Waals surface area contributed by atoms with Crippen molar-refractivity contribution >= 4 is 17.2 Å². The van der Waals surface area contributed by atoms with E-state index in [2.05, 4.69) is 0 Å². The second kappa shape index (κ2) is 6.24. The summed E-state index contributed by atoms with van der Waals surface area (Å²) in [5.41, 5.74) is 1.99. The molecule has 0 saturated carbocycles. The summed E-state index contributed by atoms with van der Waals surface area (Å²) in [7, 11) is 0. The first kappa shape index (κ1) is 14.3. The SMILES string of the molecule is CCC(CC)C(=N)C(=N)c1ccc(C(C)=O)cc1. The zero-order chi connectivity index (χ0) is 13.7. The highest BCUT2D eigenvalue weighted by Gasteiger charge is 2.16. The summed E-state index contributed by atoms with van der Waals surface area (Å²) in [4.78, 5) is 11.2. The topological polar surface area (TPSA) is 64.8 Å². The first-order valence-electron chi connectivity index (χ1n) is 6.29. The van der Waals surface area contributed by atoms with Crippen LogP contribution in [0.15, 0.2) is 24.3 Å². The number of nitrogens with one attached hydrogen (secondary N) is 2. The lowest BCUT2D eigenvalue weighted by Crippen LogP contribution is -2.22. The number of ketones is 1. The molecular weight excluding hydrogens is 224 g/mol. The minimum atomic E-state index is 0.0168. The summed E-state index contributed by atoms with van der Waals surface area (Å²) < 4.78 is 0. The summed E-state index contributed by atoms with van der Waals surface area (Å²) in [5, 5.41) is 16.1. The molecule has 0 aliphatic heterocycles. The maximum absolute atomic E-state index is 11.2. The van der Waals surface area contributed by atoms with Gasteiger partial charge in [-0.25, -0.2) is 0 Å². The Kier molecular flexibility index (Phi) is 4.95. The number of benzene rings is 1. The van der Waals surface area contributed by atoms with Crippen molar-refractivity contribution in [3.8, 4) is 0 Å². The average Bonchev–Trinajstić information content (AvgIpc) is 2.39. The molecular formula is C15H20N2O. The van der Waals surface area contributed by atoms with E-state index in [-0.39, 0.29) is 17.4 Å². The number of hydrogen-bond donors (Lipinski definition) is 2. The summed E-state index contributed by atoms with van der Waals surface area (Å²) >= 11 is 0. The summed E-state index contributed by atoms with van der Waals surface area (Å²) in [6.45, 7) is 5.59. The van der Waals surface area contributed by atoms with Gasteiger partial charge in [-0.1, -0.05) is 38.1 Å². The van der Waals surface area contributed by atoms with Gasteiger partial charge in [-0.15, -0.1) is 0 Å². The second-order valence-corrected chi connectivity index (χ2v) is 4.44. The predicted molar refractivity (Wildman–Crippen MR) is 75.1 cm³/mol. The first-order chi connectivity index (χ1) is 8.51. The fourth-order valence-corrected chi connectivity index (χ4v) is 1.93. The van der Waals surface area contributed by atoms with Gasteiger partial charge in [0.2, 0.25) is 0 Å². The Morgan fingerprint density at radius 1 is 1.06 bits per heavy atom. The van der Waals surface area contributed by atoms with E-state index in [4.69, 9.17) is 10.8 Å². The molecule has 1 aromatic carbocycles. The standard InChI is InChI=1S/C15H20N2O/c1-4-11(5-2)14(16)15(17)13-8-6-12(7-9-13)10(3)18/h6-9,11,16-17H,4-5H2,1-3H3. The van der Waals surface area contributed by atoms with Gasteiger partial charge in [0.25, 0.3) is 0 Å². The van der Waals surface area contributed by atoms with Crippen molar-refractivity contribution in [3.05, 3.63) is 35.4 Å². The molecule has 0 aliphatic carbocycles. The lowest BCUT2D eigenvalue weighted by molar-refractivity contribution is 0.101. The van der Waals surface area contributed by atoms with Crippen molar-refractivity contribution in [1.29, 1.82) is 10.8 Å². The van der Waals surface area contributed by atoms with Gasteiger partial charge in [-0.3, -0.25) is 10.2 Å². The maximum Gasteiger partial charge on any atom is 0.159 e. The number of carbonyl (C=O) groups is 1. The van der Waals surface area contributed by atoms with Gasteiger partial charge in [-0.05, 0) is 19.8 Å². The Bertz CT molecular complexity index is 456. The highest BCUT2D eigenvalue weighted by molar-refractivity contribution is 6.46. The molecule has 2 N–H and O–H groups in total. The third kappa shape index (κ3) is 3.13. The molecule has 0 fully saturated rings. The molecule has 0 radical (unpaired) electrons. The Balaban J connectivity index is 2.90. The van der Waals surface area contributed by atoms with Gasteiger partial charge in [0, 0.05) is 17.0 Å². The Morgan fingerprint density at radius 2 is 1.50 bits per heavy atom. The van der Waals surface area contributed by atoms with Crippen LogP contribution in [-0.2, 0) is 0 Å². The van der Waals surface area contributed by atoms with E-state index < -0.39 is 0 Å². The molecule has 1 aromatic rings. The predicted octanol–water partition coefficient (Wildman–Crippen LogP) is 3.71. The Hall–Kier alpha value is -1.77. The smallest absolute Gasteiger partial charge is 0.159 e. The van der Waals surface area contributed by atoms with Gasteiger partial charge in [0.1, 0.15) is 0 Å². The minimum Gasteiger partial charge on any atom is -0.303 e. The van der Waals surface area contributed by atoms with Gasteiger partial charge < -0.3 is 5.41 Å². The van der Waals surface area contributed by atoms with E-state index in [1.807, 2.05) is 13.8 Å². The molecule has 0 bridgehead atoms. The third-order valence-corrected chi connectivity index (χ3v) is 3.24. The van der Waals surface area contributed by atoms with Crippen molar-refractivity contribution in [3.63, 3.8) is 0 Å². The van der Waals surface area contributed by atoms with Crippen LogP contribution in [0.2, 0.25) is 0 Å². The van der Waals surface area contributed by atoms with Crippen molar-refractivity contribution in [2.75, 3.05) is 0 Å². The Morgan fingerprint density at radius 3 is 1.89 bits per heavy atom. The lowest BCUT2D eigenvalue weighted by Gasteiger charge is -2.15. The normalized spacial score (nSPS) is 10.4. The van der Waals surface area contributed by atoms with Gasteiger partial charge in [0.15, 0.2) is 5.78 Å². The molecule has 0 aromatic heterocycles. The van der Waals surface area contributed by atoms with Crippen LogP contribution in [0.25, 0.3) is 0 Å². The van der Waals surface area contributed by atoms with Crippen LogP contribution < -0.4 is 0 Å². The van der Waals surface area contributed by atoms with Crippen molar-refractivity contribution in [1.82, 2.24) is 0 Å². The summed E-state index contributed by atoms with van der Waals surface area (Å²) in [6.07, 6.45) is 1.76. The van der Waals surface area contributed by atoms with Crippen LogP contribution in [-0.4, -0.2) is 17.2 Å². The average molecular weight is 244 g/mol. The first-order valence-corrected chi connectivity index (χ1v) is 6.29. The lowest BCUT2D eigenvalue weighted by atomic mass is 9.91. The van der Waals surface area contributed by atoms with Crippen LogP contribution in [0.3, 0.4) is 0 Å². The maximum atomic E-state index is 11.2. The van der Waals surface area contributed by atoms with Gasteiger partial charge in [-0.2, -0.15) is 0 Å². The summed E-state index contributed by atoms with van der Waals surface area (Å²) in [5.74, 6) is 0.160. The fourth-order valence-electron chi connectivity index (χ4n) is 1.93. The minimum absolute atomic E-state index is 0.0168. The molecule has 0 amide bonds. The van der Waals surface area contributed by atoms with E-state index in [0.717, 1.165) is 12.8 Å². The molecule has 3 heteroatoms. The number of Topliss-reactive ketones (excluding diaryl/α,β-unsaturated/α-hetero) is 1. The highest BCUT2D eigenvalue weighted by Crippen LogP contribution is 2.14. The zero-order valence-corrected chi connectivity index (χ0v) is 11.2. The fraction of sp³-hybridized carbons (Fsp3) is 0.400. The molecule has 0 spiro atoms. The molecule has 96 valence electrons. The van der Waals surface area contributed by atoms with E-state index in [1.165, 1.54) is 6.92 Å². The quantitative estimate of drug-likeness (QED) is 0.581. The van der Waals surface area contributed by atoms with Crippen molar-refractivity contribution in [2.24, 2.45) is 5.92 Å². The second-order valence-electron chi connectivity index (χ2n) is 4.44. The monoisotopic (exact) mass is 244 g/mol. The molecule has 18 heavy (non-hydrogen) atoms. The van der Waals surface area contributed by atoms with E-state index in [0.29, 0.717) is 16.8 Å². The van der Waals surface area contributed by atoms with Crippen molar-refractivity contribution < 1.29 is 4.79 Å². The van der Waals surface area contributed by atoms with E-state index in [1.54, 1.807) is 24.3 Å². The summed E-state index contributed by atoms with van der Waals surface area (Å²) in [6, 6.07) is 6.92.